The van der Waals surface area contributed by atoms with E-state index in [4.69, 9.17) is 0 Å². The van der Waals surface area contributed by atoms with Crippen LogP contribution in [0, 0.1) is 5.92 Å². The number of nitrogens with zero attached hydrogens (tertiary/aromatic N) is 3. The quantitative estimate of drug-likeness (QED) is 0.862. The average molecular weight is 278 g/mol. The fourth-order valence-electron chi connectivity index (χ4n) is 2.66. The smallest absolute Gasteiger partial charge is 0.293 e. The zero-order valence-electron chi connectivity index (χ0n) is 12.8. The van der Waals surface area contributed by atoms with Crippen LogP contribution in [0.3, 0.4) is 0 Å². The van der Waals surface area contributed by atoms with Gasteiger partial charge >= 0.3 is 0 Å². The van der Waals surface area contributed by atoms with Gasteiger partial charge in [0, 0.05) is 31.5 Å². The number of hydrogen-bond donors (Lipinski definition) is 1. The highest BCUT2D eigenvalue weighted by atomic mass is 16.1. The van der Waals surface area contributed by atoms with Gasteiger partial charge in [0.15, 0.2) is 5.82 Å². The van der Waals surface area contributed by atoms with Gasteiger partial charge in [0.25, 0.3) is 5.56 Å². The molecule has 20 heavy (non-hydrogen) atoms. The van der Waals surface area contributed by atoms with E-state index in [1.165, 1.54) is 25.9 Å². The van der Waals surface area contributed by atoms with Gasteiger partial charge in [-0.25, -0.2) is 4.98 Å². The molecule has 1 N–H and O–H groups in total. The van der Waals surface area contributed by atoms with Gasteiger partial charge in [-0.15, -0.1) is 0 Å². The molecule has 0 spiro atoms. The van der Waals surface area contributed by atoms with Crippen LogP contribution in [0.5, 0.6) is 0 Å². The third kappa shape index (κ3) is 3.82. The zero-order valence-corrected chi connectivity index (χ0v) is 12.8. The van der Waals surface area contributed by atoms with Crippen molar-refractivity contribution < 1.29 is 0 Å². The van der Waals surface area contributed by atoms with Crippen LogP contribution in [0.15, 0.2) is 17.2 Å². The van der Waals surface area contributed by atoms with E-state index in [1.807, 2.05) is 0 Å². The molecule has 1 aromatic heterocycles. The summed E-state index contributed by atoms with van der Waals surface area (Å²) < 4.78 is 1.74. The molecule has 5 nitrogen and oxygen atoms in total. The van der Waals surface area contributed by atoms with Crippen molar-refractivity contribution in [2.24, 2.45) is 5.92 Å². The molecule has 1 saturated heterocycles. The van der Waals surface area contributed by atoms with Crippen LogP contribution in [0.25, 0.3) is 0 Å². The Morgan fingerprint density at radius 1 is 1.30 bits per heavy atom. The van der Waals surface area contributed by atoms with E-state index in [1.54, 1.807) is 17.0 Å². The van der Waals surface area contributed by atoms with Crippen molar-refractivity contribution in [2.45, 2.75) is 46.2 Å². The number of aromatic nitrogens is 2. The molecule has 0 bridgehead atoms. The summed E-state index contributed by atoms with van der Waals surface area (Å²) in [5.41, 5.74) is -0.0187. The standard InChI is InChI=1S/C15H26N4O/c1-12(2)11-19-9-6-16-14(15(19)20)17-10-13(3)18-7-4-5-8-18/h6,9,12-13H,4-5,7-8,10-11H2,1-3H3,(H,16,17). The molecule has 2 rings (SSSR count). The minimum Gasteiger partial charge on any atom is -0.364 e. The van der Waals surface area contributed by atoms with E-state index in [2.05, 4.69) is 36.0 Å². The minimum atomic E-state index is -0.0187. The summed E-state index contributed by atoms with van der Waals surface area (Å²) in [6, 6.07) is 0.442. The highest BCUT2D eigenvalue weighted by Crippen LogP contribution is 2.11. The Kier molecular flexibility index (Phi) is 5.17. The molecule has 1 fully saturated rings. The van der Waals surface area contributed by atoms with Gasteiger partial charge in [-0.2, -0.15) is 0 Å². The monoisotopic (exact) mass is 278 g/mol. The van der Waals surface area contributed by atoms with Gasteiger partial charge in [-0.1, -0.05) is 13.8 Å². The number of anilines is 1. The molecule has 1 aliphatic rings. The lowest BCUT2D eigenvalue weighted by molar-refractivity contribution is 0.269. The van der Waals surface area contributed by atoms with E-state index >= 15 is 0 Å². The molecule has 1 aromatic rings. The van der Waals surface area contributed by atoms with E-state index in [0.717, 1.165) is 13.1 Å². The Hall–Kier alpha value is -1.36. The molecule has 5 heteroatoms. The second kappa shape index (κ2) is 6.88. The third-order valence-corrected chi connectivity index (χ3v) is 3.80. The van der Waals surface area contributed by atoms with Crippen molar-refractivity contribution >= 4 is 5.82 Å². The van der Waals surface area contributed by atoms with Crippen LogP contribution < -0.4 is 10.9 Å². The summed E-state index contributed by atoms with van der Waals surface area (Å²) in [5, 5.41) is 3.22. The van der Waals surface area contributed by atoms with Gasteiger partial charge in [0.2, 0.25) is 0 Å². The largest absolute Gasteiger partial charge is 0.364 e. The maximum absolute atomic E-state index is 12.3. The van der Waals surface area contributed by atoms with E-state index in [9.17, 15) is 4.79 Å². The SMILES string of the molecule is CC(C)Cn1ccnc(NCC(C)N2CCCC2)c1=O. The Labute approximate surface area is 121 Å². The topological polar surface area (TPSA) is 50.2 Å². The summed E-state index contributed by atoms with van der Waals surface area (Å²) >= 11 is 0. The van der Waals surface area contributed by atoms with Gasteiger partial charge in [0.05, 0.1) is 0 Å². The van der Waals surface area contributed by atoms with E-state index in [-0.39, 0.29) is 5.56 Å². The summed E-state index contributed by atoms with van der Waals surface area (Å²) in [7, 11) is 0. The lowest BCUT2D eigenvalue weighted by atomic mass is 10.2. The molecule has 112 valence electrons. The Morgan fingerprint density at radius 3 is 2.65 bits per heavy atom. The maximum atomic E-state index is 12.3. The molecule has 1 atom stereocenters. The summed E-state index contributed by atoms with van der Waals surface area (Å²) in [4.78, 5) is 18.9. The highest BCUT2D eigenvalue weighted by molar-refractivity contribution is 5.30. The van der Waals surface area contributed by atoms with Crippen LogP contribution in [-0.2, 0) is 6.54 Å². The predicted octanol–water partition coefficient (Wildman–Crippen LogP) is 1.80. The first-order valence-corrected chi connectivity index (χ1v) is 7.61. The van der Waals surface area contributed by atoms with Crippen molar-refractivity contribution in [1.82, 2.24) is 14.5 Å². The van der Waals surface area contributed by atoms with Crippen molar-refractivity contribution in [3.8, 4) is 0 Å². The van der Waals surface area contributed by atoms with Gasteiger partial charge in [-0.3, -0.25) is 9.69 Å². The second-order valence-electron chi connectivity index (χ2n) is 6.10. The van der Waals surface area contributed by atoms with Crippen LogP contribution in [0.4, 0.5) is 5.82 Å². The van der Waals surface area contributed by atoms with Crippen molar-refractivity contribution in [1.29, 1.82) is 0 Å². The lowest BCUT2D eigenvalue weighted by Gasteiger charge is -2.24. The Bertz CT molecular complexity index is 477. The second-order valence-corrected chi connectivity index (χ2v) is 6.10. The fourth-order valence-corrected chi connectivity index (χ4v) is 2.66. The molecular formula is C15H26N4O. The molecule has 0 saturated carbocycles. The Balaban J connectivity index is 1.97. The number of rotatable bonds is 6. The molecule has 1 aliphatic heterocycles. The molecule has 1 unspecified atom stereocenters. The number of likely N-dealkylation sites (tertiary alicyclic amines) is 1. The van der Waals surface area contributed by atoms with Crippen molar-refractivity contribution in [3.05, 3.63) is 22.7 Å². The fraction of sp³-hybridized carbons (Fsp3) is 0.733. The molecule has 2 heterocycles. The van der Waals surface area contributed by atoms with Crippen LogP contribution in [0.1, 0.15) is 33.6 Å². The first-order chi connectivity index (χ1) is 9.58. The van der Waals surface area contributed by atoms with E-state index < -0.39 is 0 Å². The van der Waals surface area contributed by atoms with Gasteiger partial charge in [-0.05, 0) is 38.8 Å². The minimum absolute atomic E-state index is 0.0187. The summed E-state index contributed by atoms with van der Waals surface area (Å²) in [6.45, 7) is 10.3. The average Bonchev–Trinajstić information content (AvgIpc) is 2.93. The first kappa shape index (κ1) is 15.0. The molecule has 0 amide bonds. The number of nitrogens with one attached hydrogen (secondary N) is 1. The molecular weight excluding hydrogens is 252 g/mol. The van der Waals surface area contributed by atoms with Gasteiger partial charge in [0.1, 0.15) is 0 Å². The van der Waals surface area contributed by atoms with Crippen LogP contribution >= 0.6 is 0 Å². The summed E-state index contributed by atoms with van der Waals surface area (Å²) in [5.74, 6) is 0.922. The predicted molar refractivity (Wildman–Crippen MR) is 82.1 cm³/mol. The third-order valence-electron chi connectivity index (χ3n) is 3.80. The van der Waals surface area contributed by atoms with Crippen molar-refractivity contribution in [2.75, 3.05) is 25.0 Å². The first-order valence-electron chi connectivity index (χ1n) is 7.61. The van der Waals surface area contributed by atoms with Crippen molar-refractivity contribution in [3.63, 3.8) is 0 Å². The zero-order chi connectivity index (χ0) is 14.5. The highest BCUT2D eigenvalue weighted by Gasteiger charge is 2.18. The maximum Gasteiger partial charge on any atom is 0.293 e. The van der Waals surface area contributed by atoms with Gasteiger partial charge < -0.3 is 9.88 Å². The summed E-state index contributed by atoms with van der Waals surface area (Å²) in [6.07, 6.45) is 6.04. The van der Waals surface area contributed by atoms with Crippen LogP contribution in [0.2, 0.25) is 0 Å². The van der Waals surface area contributed by atoms with E-state index in [0.29, 0.717) is 17.8 Å². The number of hydrogen-bond acceptors (Lipinski definition) is 4. The molecule has 0 aliphatic carbocycles. The lowest BCUT2D eigenvalue weighted by Crippen LogP contribution is -2.37. The normalized spacial score (nSPS) is 17.6. The molecule has 0 aromatic carbocycles. The van der Waals surface area contributed by atoms with Crippen LogP contribution in [-0.4, -0.2) is 40.1 Å². The Morgan fingerprint density at radius 2 is 2.00 bits per heavy atom. The molecule has 0 radical (unpaired) electrons.